The molecule has 0 saturated carbocycles. The van der Waals surface area contributed by atoms with Gasteiger partial charge in [0.25, 0.3) is 5.91 Å². The molecule has 1 unspecified atom stereocenters. The molecule has 20 heavy (non-hydrogen) atoms. The first kappa shape index (κ1) is 14.7. The number of aromatic nitrogens is 3. The predicted molar refractivity (Wildman–Crippen MR) is 73.3 cm³/mol. The van der Waals surface area contributed by atoms with Crippen LogP contribution in [0.1, 0.15) is 29.1 Å². The van der Waals surface area contributed by atoms with E-state index in [0.29, 0.717) is 5.02 Å². The maximum absolute atomic E-state index is 13.9. The Morgan fingerprint density at radius 3 is 2.75 bits per heavy atom. The molecule has 106 valence electrons. The van der Waals surface area contributed by atoms with Crippen LogP contribution in [-0.2, 0) is 7.05 Å². The second-order valence-corrected chi connectivity index (χ2v) is 5.04. The van der Waals surface area contributed by atoms with Crippen molar-refractivity contribution in [2.45, 2.75) is 13.0 Å². The molecule has 1 aromatic heterocycles. The summed E-state index contributed by atoms with van der Waals surface area (Å²) in [5.74, 6) is -0.944. The van der Waals surface area contributed by atoms with Gasteiger partial charge in [-0.05, 0) is 19.1 Å². The summed E-state index contributed by atoms with van der Waals surface area (Å²) in [7, 11) is 1.59. The molecular weight excluding hydrogens is 306 g/mol. The number of nitrogens with one attached hydrogen (secondary N) is 1. The van der Waals surface area contributed by atoms with Gasteiger partial charge in [0.05, 0.1) is 11.1 Å². The molecule has 0 fully saturated rings. The van der Waals surface area contributed by atoms with E-state index in [0.717, 1.165) is 0 Å². The maximum atomic E-state index is 13.9. The molecule has 0 radical (unpaired) electrons. The number of carbonyl (C=O) groups excluding carboxylic acids is 1. The number of hydrogen-bond donors (Lipinski definition) is 1. The summed E-state index contributed by atoms with van der Waals surface area (Å²) in [5, 5.41) is 6.61. The zero-order valence-electron chi connectivity index (χ0n) is 10.7. The highest BCUT2D eigenvalue weighted by Crippen LogP contribution is 2.27. The van der Waals surface area contributed by atoms with Gasteiger partial charge in [0, 0.05) is 17.6 Å². The summed E-state index contributed by atoms with van der Waals surface area (Å²) in [6, 6.07) is 2.11. The summed E-state index contributed by atoms with van der Waals surface area (Å²) in [4.78, 5) is 15.8. The van der Waals surface area contributed by atoms with Crippen molar-refractivity contribution in [2.24, 2.45) is 7.05 Å². The van der Waals surface area contributed by atoms with Gasteiger partial charge in [0.1, 0.15) is 12.1 Å². The van der Waals surface area contributed by atoms with Gasteiger partial charge in [0.15, 0.2) is 0 Å². The minimum absolute atomic E-state index is 0.0905. The molecule has 0 aliphatic heterocycles. The van der Waals surface area contributed by atoms with Gasteiger partial charge in [0.2, 0.25) is 5.82 Å². The maximum Gasteiger partial charge on any atom is 0.289 e. The molecule has 1 heterocycles. The molecule has 0 bridgehead atoms. The smallest absolute Gasteiger partial charge is 0.289 e. The highest BCUT2D eigenvalue weighted by Gasteiger charge is 2.19. The Hall–Kier alpha value is -1.66. The highest BCUT2D eigenvalue weighted by atomic mass is 35.5. The van der Waals surface area contributed by atoms with Crippen molar-refractivity contribution in [1.29, 1.82) is 0 Å². The van der Waals surface area contributed by atoms with Gasteiger partial charge in [-0.25, -0.2) is 14.1 Å². The summed E-state index contributed by atoms with van der Waals surface area (Å²) in [6.45, 7) is 1.62. The molecule has 0 aliphatic rings. The Balaban J connectivity index is 2.23. The molecule has 1 aromatic carbocycles. The van der Waals surface area contributed by atoms with Crippen LogP contribution in [0.15, 0.2) is 18.5 Å². The molecule has 5 nitrogen and oxygen atoms in total. The van der Waals surface area contributed by atoms with Crippen molar-refractivity contribution < 1.29 is 9.18 Å². The van der Waals surface area contributed by atoms with Crippen LogP contribution in [0.5, 0.6) is 0 Å². The van der Waals surface area contributed by atoms with Gasteiger partial charge in [-0.1, -0.05) is 23.2 Å². The van der Waals surface area contributed by atoms with Gasteiger partial charge in [-0.2, -0.15) is 5.10 Å². The van der Waals surface area contributed by atoms with E-state index >= 15 is 0 Å². The normalized spacial score (nSPS) is 12.2. The number of aryl methyl sites for hydroxylation is 1. The zero-order valence-corrected chi connectivity index (χ0v) is 12.2. The Morgan fingerprint density at radius 2 is 2.15 bits per heavy atom. The fraction of sp³-hybridized carbons (Fsp3) is 0.250. The molecule has 2 rings (SSSR count). The van der Waals surface area contributed by atoms with E-state index in [1.54, 1.807) is 14.0 Å². The van der Waals surface area contributed by atoms with E-state index in [1.165, 1.54) is 23.1 Å². The first-order valence-electron chi connectivity index (χ1n) is 5.69. The van der Waals surface area contributed by atoms with Crippen LogP contribution < -0.4 is 5.32 Å². The van der Waals surface area contributed by atoms with Crippen molar-refractivity contribution in [3.8, 4) is 0 Å². The van der Waals surface area contributed by atoms with E-state index in [2.05, 4.69) is 15.4 Å². The quantitative estimate of drug-likeness (QED) is 0.886. The predicted octanol–water partition coefficient (Wildman–Crippen LogP) is 2.75. The molecule has 0 spiro atoms. The Morgan fingerprint density at radius 1 is 1.45 bits per heavy atom. The van der Waals surface area contributed by atoms with Gasteiger partial charge < -0.3 is 5.32 Å². The van der Waals surface area contributed by atoms with E-state index in [-0.39, 0.29) is 16.4 Å². The lowest BCUT2D eigenvalue weighted by Gasteiger charge is -2.15. The zero-order chi connectivity index (χ0) is 14.9. The molecule has 1 N–H and O–H groups in total. The van der Waals surface area contributed by atoms with Crippen LogP contribution >= 0.6 is 23.2 Å². The van der Waals surface area contributed by atoms with Gasteiger partial charge >= 0.3 is 0 Å². The summed E-state index contributed by atoms with van der Waals surface area (Å²) < 4.78 is 15.3. The lowest BCUT2D eigenvalue weighted by molar-refractivity contribution is 0.0924. The van der Waals surface area contributed by atoms with E-state index in [4.69, 9.17) is 23.2 Å². The molecule has 1 amide bonds. The van der Waals surface area contributed by atoms with E-state index in [9.17, 15) is 9.18 Å². The van der Waals surface area contributed by atoms with Crippen molar-refractivity contribution in [2.75, 3.05) is 0 Å². The van der Waals surface area contributed by atoms with Gasteiger partial charge in [-0.15, -0.1) is 0 Å². The molecule has 0 saturated heterocycles. The second kappa shape index (κ2) is 5.76. The summed E-state index contributed by atoms with van der Waals surface area (Å²) in [5.41, 5.74) is 0.206. The molecule has 2 aromatic rings. The van der Waals surface area contributed by atoms with Crippen molar-refractivity contribution in [3.63, 3.8) is 0 Å². The highest BCUT2D eigenvalue weighted by molar-refractivity contribution is 6.34. The van der Waals surface area contributed by atoms with Crippen molar-refractivity contribution >= 4 is 29.1 Å². The van der Waals surface area contributed by atoms with E-state index < -0.39 is 17.8 Å². The average molecular weight is 317 g/mol. The summed E-state index contributed by atoms with van der Waals surface area (Å²) in [6.07, 6.45) is 1.26. The van der Waals surface area contributed by atoms with Gasteiger partial charge in [-0.3, -0.25) is 4.79 Å². The minimum atomic E-state index is -0.615. The third-order valence-corrected chi connectivity index (χ3v) is 3.24. The fourth-order valence-electron chi connectivity index (χ4n) is 1.73. The molecular formula is C12H11Cl2FN4O. The second-order valence-electron chi connectivity index (χ2n) is 4.19. The number of rotatable bonds is 3. The number of hydrogen-bond acceptors (Lipinski definition) is 3. The van der Waals surface area contributed by atoms with Crippen LogP contribution in [0.4, 0.5) is 4.39 Å². The average Bonchev–Trinajstić information content (AvgIpc) is 2.79. The van der Waals surface area contributed by atoms with Crippen LogP contribution in [0, 0.1) is 5.82 Å². The topological polar surface area (TPSA) is 59.8 Å². The van der Waals surface area contributed by atoms with E-state index in [1.807, 2.05) is 0 Å². The largest absolute Gasteiger partial charge is 0.343 e. The SMILES string of the molecule is CC(NC(=O)c1ncnn1C)c1cc(Cl)cc(Cl)c1F. The first-order chi connectivity index (χ1) is 9.40. The molecule has 0 aliphatic carbocycles. The number of benzene rings is 1. The lowest BCUT2D eigenvalue weighted by Crippen LogP contribution is -2.29. The lowest BCUT2D eigenvalue weighted by atomic mass is 10.1. The Bertz CT molecular complexity index is 659. The third kappa shape index (κ3) is 2.91. The fourth-order valence-corrected chi connectivity index (χ4v) is 2.24. The number of halogens is 3. The van der Waals surface area contributed by atoms with Crippen molar-refractivity contribution in [3.05, 3.63) is 45.7 Å². The monoisotopic (exact) mass is 316 g/mol. The Kier molecular flexibility index (Phi) is 4.25. The van der Waals surface area contributed by atoms with Crippen molar-refractivity contribution in [1.82, 2.24) is 20.1 Å². The third-order valence-electron chi connectivity index (χ3n) is 2.75. The standard InChI is InChI=1S/C12H11Cl2FN4O/c1-6(8-3-7(13)4-9(14)10(8)15)18-12(20)11-16-5-17-19(11)2/h3-6H,1-2H3,(H,18,20). The van der Waals surface area contributed by atoms with Crippen LogP contribution in [-0.4, -0.2) is 20.7 Å². The molecule has 8 heteroatoms. The van der Waals surface area contributed by atoms with Crippen LogP contribution in [0.3, 0.4) is 0 Å². The number of nitrogens with zero attached hydrogens (tertiary/aromatic N) is 3. The van der Waals surface area contributed by atoms with Crippen LogP contribution in [0.25, 0.3) is 0 Å². The number of carbonyl (C=O) groups is 1. The van der Waals surface area contributed by atoms with Crippen LogP contribution in [0.2, 0.25) is 10.0 Å². The summed E-state index contributed by atoms with van der Waals surface area (Å²) >= 11 is 11.6. The Labute approximate surface area is 124 Å². The number of amides is 1. The minimum Gasteiger partial charge on any atom is -0.343 e. The first-order valence-corrected chi connectivity index (χ1v) is 6.45. The molecule has 1 atom stereocenters.